The molecule has 1 fully saturated rings. The van der Waals surface area contributed by atoms with E-state index in [1.165, 1.54) is 18.5 Å². The van der Waals surface area contributed by atoms with Crippen molar-refractivity contribution in [3.05, 3.63) is 15.9 Å². The third-order valence-corrected chi connectivity index (χ3v) is 4.41. The van der Waals surface area contributed by atoms with E-state index in [4.69, 9.17) is 5.26 Å². The average molecular weight is 311 g/mol. The Labute approximate surface area is 117 Å². The molecule has 0 bridgehead atoms. The van der Waals surface area contributed by atoms with Gasteiger partial charge in [0.2, 0.25) is 0 Å². The molecule has 1 aliphatic rings. The van der Waals surface area contributed by atoms with Crippen molar-refractivity contribution < 1.29 is 0 Å². The van der Waals surface area contributed by atoms with Gasteiger partial charge >= 0.3 is 0 Å². The van der Waals surface area contributed by atoms with Crippen molar-refractivity contribution in [3.8, 4) is 6.07 Å². The Morgan fingerprint density at radius 2 is 2.28 bits per heavy atom. The maximum absolute atomic E-state index is 8.74. The van der Waals surface area contributed by atoms with Crippen molar-refractivity contribution in [2.45, 2.75) is 52.2 Å². The standard InChI is InChI=1S/C13H19BrN4/c1-3-18-12(13(14)10(2)16-18)9-17(8-4-7-15)11-5-6-11/h11H,3-6,8-9H2,1-2H3. The second kappa shape index (κ2) is 5.85. The molecule has 4 nitrogen and oxygen atoms in total. The molecule has 0 unspecified atom stereocenters. The summed E-state index contributed by atoms with van der Waals surface area (Å²) in [5, 5.41) is 13.3. The Balaban J connectivity index is 2.13. The van der Waals surface area contributed by atoms with Crippen LogP contribution in [0.4, 0.5) is 0 Å². The predicted molar refractivity (Wildman–Crippen MR) is 74.0 cm³/mol. The number of aromatic nitrogens is 2. The van der Waals surface area contributed by atoms with Crippen LogP contribution in [0.1, 0.15) is 37.6 Å². The second-order valence-electron chi connectivity index (χ2n) is 4.77. The minimum Gasteiger partial charge on any atom is -0.294 e. The van der Waals surface area contributed by atoms with E-state index < -0.39 is 0 Å². The number of aryl methyl sites for hydroxylation is 2. The van der Waals surface area contributed by atoms with Gasteiger partial charge < -0.3 is 0 Å². The molecule has 1 aromatic rings. The summed E-state index contributed by atoms with van der Waals surface area (Å²) in [5.74, 6) is 0. The molecular weight excluding hydrogens is 292 g/mol. The smallest absolute Gasteiger partial charge is 0.0739 e. The normalized spacial score (nSPS) is 15.1. The Kier molecular flexibility index (Phi) is 4.41. The first-order valence-electron chi connectivity index (χ1n) is 6.50. The summed E-state index contributed by atoms with van der Waals surface area (Å²) < 4.78 is 3.17. The first kappa shape index (κ1) is 13.6. The summed E-state index contributed by atoms with van der Waals surface area (Å²) in [6.07, 6.45) is 3.14. The van der Waals surface area contributed by atoms with Crippen molar-refractivity contribution >= 4 is 15.9 Å². The van der Waals surface area contributed by atoms with Gasteiger partial charge in [0.1, 0.15) is 0 Å². The van der Waals surface area contributed by atoms with Crippen LogP contribution in [0, 0.1) is 18.3 Å². The summed E-state index contributed by atoms with van der Waals surface area (Å²) in [7, 11) is 0. The van der Waals surface area contributed by atoms with Gasteiger partial charge in [0.15, 0.2) is 0 Å². The van der Waals surface area contributed by atoms with Crippen LogP contribution in [0.2, 0.25) is 0 Å². The largest absolute Gasteiger partial charge is 0.294 e. The van der Waals surface area contributed by atoms with Crippen LogP contribution in [0.5, 0.6) is 0 Å². The molecule has 0 spiro atoms. The maximum Gasteiger partial charge on any atom is 0.0739 e. The molecule has 0 atom stereocenters. The van der Waals surface area contributed by atoms with Crippen LogP contribution in [0.25, 0.3) is 0 Å². The van der Waals surface area contributed by atoms with Crippen LogP contribution >= 0.6 is 15.9 Å². The van der Waals surface area contributed by atoms with Gasteiger partial charge in [0.05, 0.1) is 21.9 Å². The molecule has 1 saturated carbocycles. The highest BCUT2D eigenvalue weighted by Gasteiger charge is 2.30. The zero-order chi connectivity index (χ0) is 13.1. The molecule has 1 aliphatic carbocycles. The number of rotatable bonds is 6. The van der Waals surface area contributed by atoms with Crippen molar-refractivity contribution in [1.29, 1.82) is 5.26 Å². The van der Waals surface area contributed by atoms with E-state index in [2.05, 4.69) is 43.6 Å². The Bertz CT molecular complexity index is 456. The van der Waals surface area contributed by atoms with E-state index >= 15 is 0 Å². The quantitative estimate of drug-likeness (QED) is 0.811. The summed E-state index contributed by atoms with van der Waals surface area (Å²) in [6, 6.07) is 2.91. The molecule has 5 heteroatoms. The van der Waals surface area contributed by atoms with Crippen molar-refractivity contribution in [1.82, 2.24) is 14.7 Å². The molecule has 0 aliphatic heterocycles. The van der Waals surface area contributed by atoms with Gasteiger partial charge in [-0.25, -0.2) is 0 Å². The minimum atomic E-state index is 0.605. The number of hydrogen-bond donors (Lipinski definition) is 0. The fraction of sp³-hybridized carbons (Fsp3) is 0.692. The predicted octanol–water partition coefficient (Wildman–Crippen LogP) is 2.85. The molecule has 2 rings (SSSR count). The number of nitrogens with zero attached hydrogens (tertiary/aromatic N) is 4. The second-order valence-corrected chi connectivity index (χ2v) is 5.56. The molecule has 0 aromatic carbocycles. The van der Waals surface area contributed by atoms with Gasteiger partial charge in [-0.2, -0.15) is 10.4 Å². The number of hydrogen-bond acceptors (Lipinski definition) is 3. The number of nitriles is 1. The third kappa shape index (κ3) is 2.93. The Hall–Kier alpha value is -0.860. The lowest BCUT2D eigenvalue weighted by molar-refractivity contribution is 0.252. The van der Waals surface area contributed by atoms with Gasteiger partial charge in [-0.15, -0.1) is 0 Å². The van der Waals surface area contributed by atoms with E-state index in [1.807, 2.05) is 6.92 Å². The molecule has 0 amide bonds. The first-order chi connectivity index (χ1) is 8.67. The van der Waals surface area contributed by atoms with E-state index in [-0.39, 0.29) is 0 Å². The highest BCUT2D eigenvalue weighted by Crippen LogP contribution is 2.30. The van der Waals surface area contributed by atoms with Crippen LogP contribution in [-0.4, -0.2) is 27.3 Å². The van der Waals surface area contributed by atoms with E-state index in [1.54, 1.807) is 0 Å². The Morgan fingerprint density at radius 1 is 1.56 bits per heavy atom. The molecule has 0 N–H and O–H groups in total. The SMILES string of the molecule is CCn1nc(C)c(Br)c1CN(CCC#N)C1CC1. The molecule has 0 radical (unpaired) electrons. The summed E-state index contributed by atoms with van der Waals surface area (Å²) >= 11 is 3.63. The monoisotopic (exact) mass is 310 g/mol. The van der Waals surface area contributed by atoms with E-state index in [9.17, 15) is 0 Å². The maximum atomic E-state index is 8.74. The lowest BCUT2D eigenvalue weighted by Gasteiger charge is -2.21. The average Bonchev–Trinajstić information content (AvgIpc) is 3.16. The topological polar surface area (TPSA) is 44.9 Å². The zero-order valence-corrected chi connectivity index (χ0v) is 12.6. The van der Waals surface area contributed by atoms with Gasteiger partial charge in [0, 0.05) is 32.1 Å². The molecule has 18 heavy (non-hydrogen) atoms. The molecule has 1 heterocycles. The lowest BCUT2D eigenvalue weighted by Crippen LogP contribution is -2.28. The van der Waals surface area contributed by atoms with E-state index in [0.717, 1.165) is 29.8 Å². The highest BCUT2D eigenvalue weighted by molar-refractivity contribution is 9.10. The summed E-state index contributed by atoms with van der Waals surface area (Å²) in [6.45, 7) is 6.78. The van der Waals surface area contributed by atoms with Crippen LogP contribution in [0.3, 0.4) is 0 Å². The van der Waals surface area contributed by atoms with Crippen LogP contribution in [-0.2, 0) is 13.1 Å². The van der Waals surface area contributed by atoms with Gasteiger partial charge in [0.25, 0.3) is 0 Å². The summed E-state index contributed by atoms with van der Waals surface area (Å²) in [5.41, 5.74) is 2.28. The number of halogens is 1. The fourth-order valence-electron chi connectivity index (χ4n) is 2.24. The fourth-order valence-corrected chi connectivity index (χ4v) is 2.65. The van der Waals surface area contributed by atoms with Crippen LogP contribution < -0.4 is 0 Å². The first-order valence-corrected chi connectivity index (χ1v) is 7.29. The minimum absolute atomic E-state index is 0.605. The van der Waals surface area contributed by atoms with Crippen molar-refractivity contribution in [3.63, 3.8) is 0 Å². The molecule has 98 valence electrons. The molecular formula is C13H19BrN4. The van der Waals surface area contributed by atoms with Gasteiger partial charge in [-0.05, 0) is 42.6 Å². The van der Waals surface area contributed by atoms with Crippen molar-refractivity contribution in [2.75, 3.05) is 6.54 Å². The highest BCUT2D eigenvalue weighted by atomic mass is 79.9. The summed E-state index contributed by atoms with van der Waals surface area (Å²) in [4.78, 5) is 2.41. The molecule has 1 aromatic heterocycles. The third-order valence-electron chi connectivity index (χ3n) is 3.38. The van der Waals surface area contributed by atoms with Gasteiger partial charge in [-0.1, -0.05) is 0 Å². The Morgan fingerprint density at radius 3 is 2.83 bits per heavy atom. The van der Waals surface area contributed by atoms with Gasteiger partial charge in [-0.3, -0.25) is 9.58 Å². The van der Waals surface area contributed by atoms with Crippen LogP contribution in [0.15, 0.2) is 4.47 Å². The molecule has 0 saturated heterocycles. The van der Waals surface area contributed by atoms with Crippen molar-refractivity contribution in [2.24, 2.45) is 0 Å². The van der Waals surface area contributed by atoms with E-state index in [0.29, 0.717) is 12.5 Å². The zero-order valence-electron chi connectivity index (χ0n) is 11.0. The lowest BCUT2D eigenvalue weighted by atomic mass is 10.3.